The second kappa shape index (κ2) is 7.01. The molecule has 0 bridgehead atoms. The normalized spacial score (nSPS) is 28.4. The Labute approximate surface area is 112 Å². The van der Waals surface area contributed by atoms with Gasteiger partial charge in [0, 0.05) is 16.8 Å². The molecule has 1 aliphatic heterocycles. The number of likely N-dealkylation sites (N-methyl/N-ethyl adjacent to an activating group) is 1. The van der Waals surface area contributed by atoms with E-state index in [0.717, 1.165) is 5.25 Å². The van der Waals surface area contributed by atoms with E-state index in [0.29, 0.717) is 11.6 Å². The summed E-state index contributed by atoms with van der Waals surface area (Å²) in [5, 5.41) is 4.33. The van der Waals surface area contributed by atoms with E-state index in [1.807, 2.05) is 0 Å². The van der Waals surface area contributed by atoms with Crippen LogP contribution in [0.25, 0.3) is 0 Å². The van der Waals surface area contributed by atoms with Crippen LogP contribution in [0.4, 0.5) is 0 Å². The van der Waals surface area contributed by atoms with E-state index >= 15 is 0 Å². The summed E-state index contributed by atoms with van der Waals surface area (Å²) in [6.45, 7) is 9.61. The molecule has 102 valence electrons. The van der Waals surface area contributed by atoms with Gasteiger partial charge in [-0.15, -0.1) is 0 Å². The van der Waals surface area contributed by atoms with Gasteiger partial charge in [-0.3, -0.25) is 4.90 Å². The lowest BCUT2D eigenvalue weighted by Gasteiger charge is -2.45. The highest BCUT2D eigenvalue weighted by Crippen LogP contribution is 2.29. The fraction of sp³-hybridized carbons (Fsp3) is 1.00. The highest BCUT2D eigenvalue weighted by Gasteiger charge is 2.35. The minimum Gasteiger partial charge on any atom is -0.315 e. The molecule has 0 aromatic rings. The molecule has 3 atom stereocenters. The van der Waals surface area contributed by atoms with Crippen molar-refractivity contribution < 1.29 is 0 Å². The van der Waals surface area contributed by atoms with Crippen LogP contribution in [-0.2, 0) is 0 Å². The molecular formula is C14H30N2S. The molecule has 0 radical (unpaired) electrons. The van der Waals surface area contributed by atoms with Crippen molar-refractivity contribution in [3.63, 3.8) is 0 Å². The lowest BCUT2D eigenvalue weighted by Crippen LogP contribution is -2.57. The fourth-order valence-corrected chi connectivity index (χ4v) is 3.67. The van der Waals surface area contributed by atoms with E-state index in [-0.39, 0.29) is 0 Å². The van der Waals surface area contributed by atoms with E-state index in [1.165, 1.54) is 38.8 Å². The second-order valence-electron chi connectivity index (χ2n) is 5.50. The summed E-state index contributed by atoms with van der Waals surface area (Å²) in [5.74, 6) is 0. The first-order valence-corrected chi connectivity index (χ1v) is 8.32. The van der Waals surface area contributed by atoms with Crippen molar-refractivity contribution in [3.05, 3.63) is 0 Å². The number of nitrogens with one attached hydrogen (secondary N) is 1. The van der Waals surface area contributed by atoms with Crippen LogP contribution in [0.3, 0.4) is 0 Å². The number of nitrogens with zero attached hydrogens (tertiary/aromatic N) is 1. The average Bonchev–Trinajstić information content (AvgIpc) is 2.62. The first kappa shape index (κ1) is 15.3. The minimum absolute atomic E-state index is 0.308. The number of rotatable bonds is 5. The maximum Gasteiger partial charge on any atom is 0.0328 e. The molecule has 1 aliphatic rings. The molecule has 1 fully saturated rings. The van der Waals surface area contributed by atoms with Crippen molar-refractivity contribution in [1.29, 1.82) is 0 Å². The summed E-state index contributed by atoms with van der Waals surface area (Å²) in [5.41, 5.74) is 0.308. The molecule has 1 saturated heterocycles. The highest BCUT2D eigenvalue weighted by molar-refractivity contribution is 7.99. The Morgan fingerprint density at radius 2 is 2.12 bits per heavy atom. The predicted molar refractivity (Wildman–Crippen MR) is 79.9 cm³/mol. The summed E-state index contributed by atoms with van der Waals surface area (Å²) in [6.07, 6.45) is 7.59. The van der Waals surface area contributed by atoms with Crippen molar-refractivity contribution in [2.45, 2.75) is 63.3 Å². The Balaban J connectivity index is 2.69. The van der Waals surface area contributed by atoms with Crippen LogP contribution in [0.1, 0.15) is 46.5 Å². The summed E-state index contributed by atoms with van der Waals surface area (Å²) >= 11 is 2.05. The molecule has 3 heteroatoms. The summed E-state index contributed by atoms with van der Waals surface area (Å²) in [4.78, 5) is 2.73. The molecule has 0 amide bonds. The molecule has 0 saturated carbocycles. The van der Waals surface area contributed by atoms with Gasteiger partial charge in [0.25, 0.3) is 0 Å². The Bertz CT molecular complexity index is 222. The Morgan fingerprint density at radius 1 is 1.41 bits per heavy atom. The van der Waals surface area contributed by atoms with Gasteiger partial charge >= 0.3 is 0 Å². The van der Waals surface area contributed by atoms with Gasteiger partial charge in [-0.1, -0.05) is 6.92 Å². The van der Waals surface area contributed by atoms with Gasteiger partial charge in [-0.25, -0.2) is 0 Å². The van der Waals surface area contributed by atoms with E-state index in [9.17, 15) is 0 Å². The number of hydrogen-bond acceptors (Lipinski definition) is 3. The smallest absolute Gasteiger partial charge is 0.0328 e. The van der Waals surface area contributed by atoms with E-state index in [1.54, 1.807) is 0 Å². The molecule has 1 N–H and O–H groups in total. The van der Waals surface area contributed by atoms with Gasteiger partial charge in [0.15, 0.2) is 0 Å². The lowest BCUT2D eigenvalue weighted by molar-refractivity contribution is 0.0723. The number of likely N-dealkylation sites (tertiary alicyclic amines) is 1. The third-order valence-corrected chi connectivity index (χ3v) is 5.95. The number of thioether (sulfide) groups is 1. The summed E-state index contributed by atoms with van der Waals surface area (Å²) in [7, 11) is 2.08. The minimum atomic E-state index is 0.308. The molecule has 1 heterocycles. The van der Waals surface area contributed by atoms with Gasteiger partial charge in [-0.2, -0.15) is 11.8 Å². The zero-order valence-corrected chi connectivity index (χ0v) is 13.1. The van der Waals surface area contributed by atoms with E-state index in [4.69, 9.17) is 0 Å². The third kappa shape index (κ3) is 3.62. The van der Waals surface area contributed by atoms with Crippen molar-refractivity contribution in [3.8, 4) is 0 Å². The zero-order chi connectivity index (χ0) is 12.9. The van der Waals surface area contributed by atoms with Crippen LogP contribution in [0, 0.1) is 0 Å². The average molecular weight is 258 g/mol. The van der Waals surface area contributed by atoms with Crippen molar-refractivity contribution in [1.82, 2.24) is 10.2 Å². The highest BCUT2D eigenvalue weighted by atomic mass is 32.2. The van der Waals surface area contributed by atoms with Gasteiger partial charge in [-0.05, 0) is 65.9 Å². The lowest BCUT2D eigenvalue weighted by atomic mass is 9.88. The maximum atomic E-state index is 3.45. The Morgan fingerprint density at radius 3 is 2.65 bits per heavy atom. The van der Waals surface area contributed by atoms with Crippen LogP contribution in [0.5, 0.6) is 0 Å². The van der Waals surface area contributed by atoms with Crippen LogP contribution < -0.4 is 5.32 Å². The van der Waals surface area contributed by atoms with Gasteiger partial charge in [0.2, 0.25) is 0 Å². The topological polar surface area (TPSA) is 15.3 Å². The van der Waals surface area contributed by atoms with Gasteiger partial charge < -0.3 is 5.32 Å². The van der Waals surface area contributed by atoms with E-state index < -0.39 is 0 Å². The van der Waals surface area contributed by atoms with Crippen molar-refractivity contribution >= 4 is 11.8 Å². The third-order valence-electron chi connectivity index (χ3n) is 4.81. The molecule has 17 heavy (non-hydrogen) atoms. The molecule has 0 aliphatic carbocycles. The second-order valence-corrected chi connectivity index (χ2v) is 6.63. The SMILES string of the molecule is CCC(C)(C(C)NC)N1CCCC(SC)CC1. The van der Waals surface area contributed by atoms with Crippen LogP contribution >= 0.6 is 11.8 Å². The van der Waals surface area contributed by atoms with Crippen molar-refractivity contribution in [2.75, 3.05) is 26.4 Å². The molecule has 2 nitrogen and oxygen atoms in total. The van der Waals surface area contributed by atoms with Gasteiger partial charge in [0.1, 0.15) is 0 Å². The van der Waals surface area contributed by atoms with Gasteiger partial charge in [0.05, 0.1) is 0 Å². The molecule has 0 spiro atoms. The summed E-state index contributed by atoms with van der Waals surface area (Å²) < 4.78 is 0. The van der Waals surface area contributed by atoms with Crippen LogP contribution in [0.15, 0.2) is 0 Å². The van der Waals surface area contributed by atoms with Crippen molar-refractivity contribution in [2.24, 2.45) is 0 Å². The Hall–Kier alpha value is 0.270. The van der Waals surface area contributed by atoms with E-state index in [2.05, 4.69) is 56.1 Å². The van der Waals surface area contributed by atoms with Crippen LogP contribution in [-0.4, -0.2) is 48.1 Å². The number of hydrogen-bond donors (Lipinski definition) is 1. The monoisotopic (exact) mass is 258 g/mol. The molecular weight excluding hydrogens is 228 g/mol. The summed E-state index contributed by atoms with van der Waals surface area (Å²) in [6, 6.07) is 0.554. The maximum absolute atomic E-state index is 3.45. The molecule has 1 rings (SSSR count). The molecule has 0 aromatic heterocycles. The predicted octanol–water partition coefficient (Wildman–Crippen LogP) is 2.98. The molecule has 0 aromatic carbocycles. The standard InChI is InChI=1S/C14H30N2S/c1-6-14(3,12(2)15-4)16-10-7-8-13(17-5)9-11-16/h12-13,15H,6-11H2,1-5H3. The first-order valence-electron chi connectivity index (χ1n) is 7.03. The largest absolute Gasteiger partial charge is 0.315 e. The Kier molecular flexibility index (Phi) is 6.32. The fourth-order valence-electron chi connectivity index (χ4n) is 2.93. The molecule has 3 unspecified atom stereocenters. The van der Waals surface area contributed by atoms with Crippen LogP contribution in [0.2, 0.25) is 0 Å². The zero-order valence-electron chi connectivity index (χ0n) is 12.3. The first-order chi connectivity index (χ1) is 8.08. The quantitative estimate of drug-likeness (QED) is 0.816.